The van der Waals surface area contributed by atoms with Crippen molar-refractivity contribution < 1.29 is 62.7 Å². The summed E-state index contributed by atoms with van der Waals surface area (Å²) >= 11 is 0. The van der Waals surface area contributed by atoms with Gasteiger partial charge in [-0.2, -0.15) is 0 Å². The SMILES string of the molecule is CCCCCCCCCCCCCC(=O)O[C@H](CCCCCCCCCCC)CC(=O)O[C@@H]1[C@H](C)C(OCC(CC)(CO)CO)OC(CO)[C@H]1OP(=O)(O)O. The molecule has 1 saturated heterocycles. The van der Waals surface area contributed by atoms with Crippen molar-refractivity contribution in [3.05, 3.63) is 0 Å². The van der Waals surface area contributed by atoms with E-state index in [1.54, 1.807) is 13.8 Å². The van der Waals surface area contributed by atoms with Crippen LogP contribution in [0.2, 0.25) is 0 Å². The number of phosphoric ester groups is 1. The third-order valence-electron chi connectivity index (χ3n) is 10.9. The highest BCUT2D eigenvalue weighted by atomic mass is 31.2. The van der Waals surface area contributed by atoms with E-state index >= 15 is 0 Å². The van der Waals surface area contributed by atoms with E-state index in [0.717, 1.165) is 44.9 Å². The Bertz CT molecular complexity index is 1010. The summed E-state index contributed by atoms with van der Waals surface area (Å²) in [6.45, 7) is 6.18. The summed E-state index contributed by atoms with van der Waals surface area (Å²) < 4.78 is 40.4. The average Bonchev–Trinajstić information content (AvgIpc) is 3.15. The number of aliphatic hydroxyl groups excluding tert-OH is 3. The summed E-state index contributed by atoms with van der Waals surface area (Å²) in [5.74, 6) is -1.98. The molecule has 1 rings (SSSR count). The molecule has 0 aromatic rings. The Balaban J connectivity index is 2.92. The van der Waals surface area contributed by atoms with Gasteiger partial charge in [0.25, 0.3) is 0 Å². The first-order chi connectivity index (χ1) is 26.4. The molecule has 0 radical (unpaired) electrons. The first-order valence-corrected chi connectivity index (χ1v) is 23.1. The highest BCUT2D eigenvalue weighted by Crippen LogP contribution is 2.43. The van der Waals surface area contributed by atoms with Crippen molar-refractivity contribution in [1.29, 1.82) is 0 Å². The summed E-state index contributed by atoms with van der Waals surface area (Å²) in [6.07, 6.45) is 17.5. The zero-order valence-electron chi connectivity index (χ0n) is 34.7. The molecule has 0 bridgehead atoms. The maximum absolute atomic E-state index is 13.6. The van der Waals surface area contributed by atoms with Gasteiger partial charge in [-0.05, 0) is 25.7 Å². The van der Waals surface area contributed by atoms with Gasteiger partial charge in [-0.3, -0.25) is 14.1 Å². The van der Waals surface area contributed by atoms with Crippen LogP contribution in [-0.4, -0.2) is 94.2 Å². The zero-order valence-corrected chi connectivity index (χ0v) is 35.6. The lowest BCUT2D eigenvalue weighted by Gasteiger charge is -2.44. The first kappa shape index (κ1) is 51.9. The second kappa shape index (κ2) is 30.9. The number of ether oxygens (including phenoxy) is 4. The topological polar surface area (TPSA) is 199 Å². The van der Waals surface area contributed by atoms with Gasteiger partial charge in [0.2, 0.25) is 0 Å². The Hall–Kier alpha value is -1.15. The van der Waals surface area contributed by atoms with Gasteiger partial charge < -0.3 is 44.1 Å². The van der Waals surface area contributed by atoms with Crippen molar-refractivity contribution in [2.75, 3.05) is 26.4 Å². The molecule has 1 aliphatic rings. The van der Waals surface area contributed by atoms with Gasteiger partial charge in [0, 0.05) is 17.8 Å². The Labute approximate surface area is 332 Å². The van der Waals surface area contributed by atoms with E-state index in [1.165, 1.54) is 77.0 Å². The van der Waals surface area contributed by atoms with Crippen LogP contribution in [0.25, 0.3) is 0 Å². The number of hydrogen-bond acceptors (Lipinski definition) is 11. The van der Waals surface area contributed by atoms with Crippen LogP contribution in [0.15, 0.2) is 0 Å². The van der Waals surface area contributed by atoms with Crippen LogP contribution in [0.4, 0.5) is 0 Å². The maximum Gasteiger partial charge on any atom is 0.470 e. The lowest BCUT2D eigenvalue weighted by atomic mass is 9.87. The Morgan fingerprint density at radius 2 is 1.20 bits per heavy atom. The molecule has 326 valence electrons. The van der Waals surface area contributed by atoms with Crippen molar-refractivity contribution in [2.45, 2.75) is 213 Å². The van der Waals surface area contributed by atoms with Crippen LogP contribution in [0.1, 0.15) is 182 Å². The minimum atomic E-state index is -5.13. The largest absolute Gasteiger partial charge is 0.470 e. The van der Waals surface area contributed by atoms with Crippen LogP contribution in [0.3, 0.4) is 0 Å². The monoisotopic (exact) mass is 811 g/mol. The number of carbonyl (C=O) groups is 2. The van der Waals surface area contributed by atoms with E-state index in [2.05, 4.69) is 13.8 Å². The summed E-state index contributed by atoms with van der Waals surface area (Å²) in [4.78, 5) is 45.9. The lowest BCUT2D eigenvalue weighted by molar-refractivity contribution is -0.290. The van der Waals surface area contributed by atoms with Crippen LogP contribution in [-0.2, 0) is 37.6 Å². The molecule has 0 amide bonds. The van der Waals surface area contributed by atoms with Crippen LogP contribution in [0, 0.1) is 11.3 Å². The third-order valence-corrected chi connectivity index (χ3v) is 11.5. The lowest BCUT2D eigenvalue weighted by Crippen LogP contribution is -2.58. The molecule has 13 nitrogen and oxygen atoms in total. The predicted molar refractivity (Wildman–Crippen MR) is 212 cm³/mol. The highest BCUT2D eigenvalue weighted by Gasteiger charge is 2.50. The van der Waals surface area contributed by atoms with Gasteiger partial charge in [0.1, 0.15) is 24.4 Å². The minimum Gasteiger partial charge on any atom is -0.462 e. The van der Waals surface area contributed by atoms with Crippen molar-refractivity contribution in [2.24, 2.45) is 11.3 Å². The van der Waals surface area contributed by atoms with E-state index in [1.807, 2.05) is 0 Å². The van der Waals surface area contributed by atoms with E-state index in [4.69, 9.17) is 23.5 Å². The second-order valence-electron chi connectivity index (χ2n) is 15.8. The molecule has 6 atom stereocenters. The Kier molecular flexibility index (Phi) is 29.1. The van der Waals surface area contributed by atoms with Crippen molar-refractivity contribution in [1.82, 2.24) is 0 Å². The third kappa shape index (κ3) is 23.1. The molecule has 0 aromatic heterocycles. The molecule has 2 unspecified atom stereocenters. The molecular formula is C41H79O13P. The number of carbonyl (C=O) groups excluding carboxylic acids is 2. The zero-order chi connectivity index (χ0) is 41.0. The molecule has 5 N–H and O–H groups in total. The molecular weight excluding hydrogens is 731 g/mol. The fraction of sp³-hybridized carbons (Fsp3) is 0.951. The standard InChI is InChI=1S/C41H79O13P/c1-5-8-10-12-14-16-17-19-21-23-25-27-36(45)51-34(26-24-22-20-18-15-13-11-9-6-2)28-37(46)53-38-33(4)40(50-32-41(7-3,30-43)31-44)52-35(29-42)39(38)54-55(47,48)49/h33-35,38-40,42-44H,5-32H2,1-4H3,(H2,47,48,49)/t33-,34+,35?,38+,39+,40?/m0/s1. The summed E-state index contributed by atoms with van der Waals surface area (Å²) in [5.41, 5.74) is -0.983. The van der Waals surface area contributed by atoms with Crippen molar-refractivity contribution >= 4 is 19.8 Å². The highest BCUT2D eigenvalue weighted by molar-refractivity contribution is 7.46. The van der Waals surface area contributed by atoms with E-state index in [-0.39, 0.29) is 38.6 Å². The number of phosphoric acid groups is 1. The molecule has 0 aliphatic carbocycles. The van der Waals surface area contributed by atoms with Crippen molar-refractivity contribution in [3.8, 4) is 0 Å². The number of unbranched alkanes of at least 4 members (excludes halogenated alkanes) is 18. The molecule has 0 spiro atoms. The molecule has 14 heteroatoms. The summed E-state index contributed by atoms with van der Waals surface area (Å²) in [5, 5.41) is 29.9. The number of aliphatic hydroxyl groups is 3. The normalized spacial score (nSPS) is 21.1. The molecule has 1 aliphatic heterocycles. The van der Waals surface area contributed by atoms with Gasteiger partial charge >= 0.3 is 19.8 Å². The average molecular weight is 811 g/mol. The van der Waals surface area contributed by atoms with Crippen LogP contribution < -0.4 is 0 Å². The smallest absolute Gasteiger partial charge is 0.462 e. The number of rotatable bonds is 35. The van der Waals surface area contributed by atoms with Gasteiger partial charge in [-0.15, -0.1) is 0 Å². The Morgan fingerprint density at radius 1 is 0.709 bits per heavy atom. The fourth-order valence-corrected chi connectivity index (χ4v) is 7.59. The van der Waals surface area contributed by atoms with Gasteiger partial charge in [0.05, 0.1) is 32.8 Å². The number of esters is 2. The van der Waals surface area contributed by atoms with E-state index in [0.29, 0.717) is 19.3 Å². The summed E-state index contributed by atoms with van der Waals surface area (Å²) in [7, 11) is -5.13. The predicted octanol–water partition coefficient (Wildman–Crippen LogP) is 8.05. The van der Waals surface area contributed by atoms with E-state index in [9.17, 15) is 39.3 Å². The molecule has 1 heterocycles. The summed E-state index contributed by atoms with van der Waals surface area (Å²) in [6, 6.07) is 0. The van der Waals surface area contributed by atoms with Crippen LogP contribution in [0.5, 0.6) is 0 Å². The molecule has 55 heavy (non-hydrogen) atoms. The molecule has 0 saturated carbocycles. The minimum absolute atomic E-state index is 0.135. The van der Waals surface area contributed by atoms with E-state index < -0.39 is 62.4 Å². The molecule has 0 aromatic carbocycles. The van der Waals surface area contributed by atoms with Crippen molar-refractivity contribution in [3.63, 3.8) is 0 Å². The van der Waals surface area contributed by atoms with Gasteiger partial charge in [0.15, 0.2) is 6.29 Å². The number of hydrogen-bond donors (Lipinski definition) is 5. The quantitative estimate of drug-likeness (QED) is 0.0234. The first-order valence-electron chi connectivity index (χ1n) is 21.6. The van der Waals surface area contributed by atoms with Gasteiger partial charge in [-0.25, -0.2) is 4.57 Å². The molecule has 1 fully saturated rings. The van der Waals surface area contributed by atoms with Crippen LogP contribution >= 0.6 is 7.82 Å². The second-order valence-corrected chi connectivity index (χ2v) is 17.0. The fourth-order valence-electron chi connectivity index (χ4n) is 7.01. The van der Waals surface area contributed by atoms with Gasteiger partial charge in [-0.1, -0.05) is 143 Å². The Morgan fingerprint density at radius 3 is 1.65 bits per heavy atom. The maximum atomic E-state index is 13.6.